The fraction of sp³-hybridized carbons (Fsp3) is 0.444. The first-order valence-corrected chi connectivity index (χ1v) is 12.2. The molecule has 0 spiro atoms. The van der Waals surface area contributed by atoms with E-state index in [9.17, 15) is 13.2 Å². The molecule has 1 aliphatic rings. The molecule has 1 aromatic heterocycles. The summed E-state index contributed by atoms with van der Waals surface area (Å²) in [6.07, 6.45) is -4.14. The number of aromatic nitrogens is 1. The molecule has 2 aromatic carbocycles. The molecule has 4 rings (SSSR count). The van der Waals surface area contributed by atoms with Gasteiger partial charge in [-0.15, -0.1) is 0 Å². The maximum Gasteiger partial charge on any atom is 0.417 e. The molecule has 0 bridgehead atoms. The van der Waals surface area contributed by atoms with Gasteiger partial charge in [0.05, 0.1) is 12.1 Å². The largest absolute Gasteiger partial charge is 0.417 e. The smallest absolute Gasteiger partial charge is 0.369 e. The highest BCUT2D eigenvalue weighted by Crippen LogP contribution is 2.39. The third kappa shape index (κ3) is 6.05. The van der Waals surface area contributed by atoms with Crippen molar-refractivity contribution < 1.29 is 17.7 Å². The van der Waals surface area contributed by atoms with Crippen LogP contribution in [-0.2, 0) is 19.1 Å². The summed E-state index contributed by atoms with van der Waals surface area (Å²) in [5, 5.41) is 7.25. The molecular weight excluding hydrogens is 453 g/mol. The minimum absolute atomic E-state index is 0.0635. The monoisotopic (exact) mass is 486 g/mol. The second-order valence-corrected chi connectivity index (χ2v) is 9.16. The Balaban J connectivity index is 1.27. The number of hydrogen-bond acceptors (Lipinski definition) is 5. The van der Waals surface area contributed by atoms with Gasteiger partial charge in [-0.2, -0.15) is 13.2 Å². The number of hydrogen-bond donors (Lipinski definition) is 1. The standard InChI is InChI=1S/C27H33F3N4O/c1-4-21-6-5-7-23(26(21)27(28,29)30)24-17-22(35-32-24)18-31-10-11-33-12-14-34(15-13-33)25-9-8-19(2)16-20(25)3/h5-9,16-17,31H,4,10-15,18H2,1-3H3. The normalized spacial score (nSPS) is 15.1. The SMILES string of the molecule is CCc1cccc(-c2cc(CNCCN3CCN(c4ccc(C)cc4C)CC3)on2)c1C(F)(F)F. The second-order valence-electron chi connectivity index (χ2n) is 9.16. The van der Waals surface area contributed by atoms with E-state index in [1.807, 2.05) is 0 Å². The molecule has 0 amide bonds. The van der Waals surface area contributed by atoms with Crippen LogP contribution in [0.4, 0.5) is 18.9 Å². The summed E-state index contributed by atoms with van der Waals surface area (Å²) in [5.41, 5.74) is 3.82. The third-order valence-corrected chi connectivity index (χ3v) is 6.62. The van der Waals surface area contributed by atoms with Crippen molar-refractivity contribution in [2.24, 2.45) is 0 Å². The molecule has 1 aliphatic heterocycles. The molecule has 0 unspecified atom stereocenters. The molecule has 1 fully saturated rings. The predicted octanol–water partition coefficient (Wildman–Crippen LogP) is 5.45. The van der Waals surface area contributed by atoms with Crippen LogP contribution < -0.4 is 10.2 Å². The van der Waals surface area contributed by atoms with Gasteiger partial charge in [-0.1, -0.05) is 48.0 Å². The molecular formula is C27H33F3N4O. The van der Waals surface area contributed by atoms with Crippen LogP contribution in [0.1, 0.15) is 34.9 Å². The first-order chi connectivity index (χ1) is 16.8. The molecule has 3 aromatic rings. The lowest BCUT2D eigenvalue weighted by atomic mass is 9.96. The third-order valence-electron chi connectivity index (χ3n) is 6.62. The van der Waals surface area contributed by atoms with Crippen molar-refractivity contribution in [1.29, 1.82) is 0 Å². The van der Waals surface area contributed by atoms with Crippen molar-refractivity contribution >= 4 is 5.69 Å². The summed E-state index contributed by atoms with van der Waals surface area (Å²) in [6, 6.07) is 12.8. The number of anilines is 1. The summed E-state index contributed by atoms with van der Waals surface area (Å²) in [6.45, 7) is 12.1. The highest BCUT2D eigenvalue weighted by molar-refractivity contribution is 5.66. The molecule has 1 N–H and O–H groups in total. The highest BCUT2D eigenvalue weighted by atomic mass is 19.4. The Morgan fingerprint density at radius 3 is 2.49 bits per heavy atom. The Hall–Kier alpha value is -2.84. The van der Waals surface area contributed by atoms with Crippen molar-refractivity contribution in [2.75, 3.05) is 44.2 Å². The van der Waals surface area contributed by atoms with Gasteiger partial charge < -0.3 is 14.7 Å². The summed E-state index contributed by atoms with van der Waals surface area (Å²) in [4.78, 5) is 4.86. The number of nitrogens with zero attached hydrogens (tertiary/aromatic N) is 3. The number of nitrogens with one attached hydrogen (secondary N) is 1. The Labute approximate surface area is 204 Å². The van der Waals surface area contributed by atoms with Crippen LogP contribution in [0.5, 0.6) is 0 Å². The van der Waals surface area contributed by atoms with Gasteiger partial charge >= 0.3 is 6.18 Å². The molecule has 5 nitrogen and oxygen atoms in total. The van der Waals surface area contributed by atoms with Gasteiger partial charge in [0, 0.05) is 56.6 Å². The van der Waals surface area contributed by atoms with Gasteiger partial charge in [0.25, 0.3) is 0 Å². The fourth-order valence-electron chi connectivity index (χ4n) is 4.79. The maximum atomic E-state index is 13.7. The van der Waals surface area contributed by atoms with Gasteiger partial charge in [-0.25, -0.2) is 0 Å². The van der Waals surface area contributed by atoms with Crippen molar-refractivity contribution in [1.82, 2.24) is 15.4 Å². The van der Waals surface area contributed by atoms with Crippen molar-refractivity contribution in [3.8, 4) is 11.3 Å². The number of aryl methyl sites for hydroxylation is 3. The molecule has 188 valence electrons. The molecule has 0 aliphatic carbocycles. The van der Waals surface area contributed by atoms with E-state index < -0.39 is 11.7 Å². The van der Waals surface area contributed by atoms with Crippen molar-refractivity contribution in [2.45, 2.75) is 39.9 Å². The van der Waals surface area contributed by atoms with E-state index in [1.165, 1.54) is 28.9 Å². The summed E-state index contributed by atoms with van der Waals surface area (Å²) in [7, 11) is 0. The molecule has 0 atom stereocenters. The Morgan fingerprint density at radius 1 is 1.03 bits per heavy atom. The van der Waals surface area contributed by atoms with Crippen molar-refractivity contribution in [3.63, 3.8) is 0 Å². The second kappa shape index (κ2) is 10.8. The molecule has 1 saturated heterocycles. The van der Waals surface area contributed by atoms with Crippen LogP contribution in [0.2, 0.25) is 0 Å². The zero-order valence-electron chi connectivity index (χ0n) is 20.6. The van der Waals surface area contributed by atoms with Gasteiger partial charge in [0.1, 0.15) is 5.69 Å². The zero-order valence-corrected chi connectivity index (χ0v) is 20.6. The number of rotatable bonds is 8. The first kappa shape index (κ1) is 25.3. The highest BCUT2D eigenvalue weighted by Gasteiger charge is 2.36. The maximum absolute atomic E-state index is 13.7. The molecule has 0 saturated carbocycles. The van der Waals surface area contributed by atoms with E-state index in [2.05, 4.69) is 52.3 Å². The van der Waals surface area contributed by atoms with E-state index in [0.717, 1.165) is 39.3 Å². The number of benzene rings is 2. The van der Waals surface area contributed by atoms with Gasteiger partial charge in [0.2, 0.25) is 0 Å². The number of halogens is 3. The van der Waals surface area contributed by atoms with Crippen LogP contribution in [0.3, 0.4) is 0 Å². The minimum Gasteiger partial charge on any atom is -0.369 e. The Morgan fingerprint density at radius 2 is 1.80 bits per heavy atom. The summed E-state index contributed by atoms with van der Waals surface area (Å²) < 4.78 is 46.4. The predicted molar refractivity (Wildman–Crippen MR) is 133 cm³/mol. The lowest BCUT2D eigenvalue weighted by Gasteiger charge is -2.37. The average Bonchev–Trinajstić information content (AvgIpc) is 3.30. The van der Waals surface area contributed by atoms with E-state index in [0.29, 0.717) is 18.7 Å². The Kier molecular flexibility index (Phi) is 7.82. The van der Waals surface area contributed by atoms with E-state index in [1.54, 1.807) is 19.1 Å². The fourth-order valence-corrected chi connectivity index (χ4v) is 4.79. The van der Waals surface area contributed by atoms with E-state index in [-0.39, 0.29) is 16.8 Å². The molecule has 2 heterocycles. The van der Waals surface area contributed by atoms with Crippen LogP contribution in [0.15, 0.2) is 47.0 Å². The number of piperazine rings is 1. The quantitative estimate of drug-likeness (QED) is 0.429. The molecule has 0 radical (unpaired) electrons. The minimum atomic E-state index is -4.44. The lowest BCUT2D eigenvalue weighted by Crippen LogP contribution is -2.48. The van der Waals surface area contributed by atoms with E-state index in [4.69, 9.17) is 4.52 Å². The summed E-state index contributed by atoms with van der Waals surface area (Å²) >= 11 is 0. The Bertz CT molecular complexity index is 1130. The summed E-state index contributed by atoms with van der Waals surface area (Å²) in [5.74, 6) is 0.523. The topological polar surface area (TPSA) is 44.5 Å². The lowest BCUT2D eigenvalue weighted by molar-refractivity contribution is -0.137. The number of alkyl halides is 3. The van der Waals surface area contributed by atoms with Gasteiger partial charge in [-0.3, -0.25) is 4.90 Å². The van der Waals surface area contributed by atoms with Crippen LogP contribution in [-0.4, -0.2) is 49.3 Å². The first-order valence-electron chi connectivity index (χ1n) is 12.2. The molecule has 35 heavy (non-hydrogen) atoms. The zero-order chi connectivity index (χ0) is 25.0. The molecule has 8 heteroatoms. The van der Waals surface area contributed by atoms with Crippen molar-refractivity contribution in [3.05, 3.63) is 70.5 Å². The van der Waals surface area contributed by atoms with Crippen LogP contribution in [0, 0.1) is 13.8 Å². The van der Waals surface area contributed by atoms with Crippen LogP contribution in [0.25, 0.3) is 11.3 Å². The van der Waals surface area contributed by atoms with E-state index >= 15 is 0 Å². The van der Waals surface area contributed by atoms with Gasteiger partial charge in [-0.05, 0) is 37.5 Å². The average molecular weight is 487 g/mol. The van der Waals surface area contributed by atoms with Crippen LogP contribution >= 0.6 is 0 Å². The van der Waals surface area contributed by atoms with Gasteiger partial charge in [0.15, 0.2) is 5.76 Å².